The molecule has 4 atom stereocenters. The molecule has 108 valence electrons. The number of fused-ring (bicyclic) bond motifs is 2. The van der Waals surface area contributed by atoms with Crippen molar-refractivity contribution < 1.29 is 9.90 Å². The third kappa shape index (κ3) is 2.65. The predicted octanol–water partition coefficient (Wildman–Crippen LogP) is 1.83. The number of hydrogen-bond acceptors (Lipinski definition) is 3. The minimum Gasteiger partial charge on any atom is -0.480 e. The Morgan fingerprint density at radius 3 is 2.47 bits per heavy atom. The molecule has 1 saturated heterocycles. The first-order valence-corrected chi connectivity index (χ1v) is 7.83. The van der Waals surface area contributed by atoms with E-state index in [-0.39, 0.29) is 0 Å². The van der Waals surface area contributed by atoms with Crippen LogP contribution in [0.1, 0.15) is 51.4 Å². The van der Waals surface area contributed by atoms with Crippen LogP contribution in [0.15, 0.2) is 0 Å². The van der Waals surface area contributed by atoms with Gasteiger partial charge in [0.1, 0.15) is 5.54 Å². The van der Waals surface area contributed by atoms with Crippen LogP contribution in [0.25, 0.3) is 0 Å². The molecule has 2 saturated carbocycles. The van der Waals surface area contributed by atoms with Gasteiger partial charge in [-0.2, -0.15) is 0 Å². The number of carboxylic acids is 1. The maximum atomic E-state index is 11.4. The molecule has 3 N–H and O–H groups in total. The summed E-state index contributed by atoms with van der Waals surface area (Å²) >= 11 is 0. The van der Waals surface area contributed by atoms with Gasteiger partial charge in [-0.25, -0.2) is 0 Å². The van der Waals surface area contributed by atoms with Gasteiger partial charge in [0.05, 0.1) is 0 Å². The predicted molar refractivity (Wildman–Crippen MR) is 73.8 cm³/mol. The summed E-state index contributed by atoms with van der Waals surface area (Å²) in [4.78, 5) is 13.9. The molecule has 4 heteroatoms. The van der Waals surface area contributed by atoms with Crippen molar-refractivity contribution in [2.45, 2.75) is 62.9 Å². The number of nitrogens with two attached hydrogens (primary N) is 1. The van der Waals surface area contributed by atoms with Gasteiger partial charge in [0, 0.05) is 19.1 Å². The molecule has 1 heterocycles. The smallest absolute Gasteiger partial charge is 0.323 e. The van der Waals surface area contributed by atoms with E-state index >= 15 is 0 Å². The van der Waals surface area contributed by atoms with Crippen LogP contribution < -0.4 is 5.73 Å². The van der Waals surface area contributed by atoms with Gasteiger partial charge in [0.2, 0.25) is 0 Å². The standard InChI is InChI=1S/C15H26N2O2/c16-15(14(18)19)6-2-5-13(8-15)17-9-11-3-1-4-12(7-11)10-17/h11-13H,1-10,16H2,(H,18,19). The number of aliphatic carboxylic acids is 1. The highest BCUT2D eigenvalue weighted by Gasteiger charge is 2.43. The van der Waals surface area contributed by atoms with Crippen molar-refractivity contribution in [2.24, 2.45) is 17.6 Å². The zero-order valence-corrected chi connectivity index (χ0v) is 11.7. The van der Waals surface area contributed by atoms with Crippen molar-refractivity contribution in [3.05, 3.63) is 0 Å². The van der Waals surface area contributed by atoms with E-state index in [2.05, 4.69) is 4.90 Å². The zero-order chi connectivity index (χ0) is 13.5. The molecule has 3 aliphatic rings. The Kier molecular flexibility index (Phi) is 3.56. The Bertz CT molecular complexity index is 348. The summed E-state index contributed by atoms with van der Waals surface area (Å²) in [6.45, 7) is 2.35. The SMILES string of the molecule is NC1(C(=O)O)CCCC(N2CC3CCCC(C3)C2)C1. The van der Waals surface area contributed by atoms with Crippen LogP contribution in [0.4, 0.5) is 0 Å². The molecule has 4 nitrogen and oxygen atoms in total. The molecule has 2 aliphatic carbocycles. The molecule has 3 rings (SSSR count). The lowest BCUT2D eigenvalue weighted by Gasteiger charge is -2.47. The molecule has 2 bridgehead atoms. The van der Waals surface area contributed by atoms with E-state index in [9.17, 15) is 9.90 Å². The first-order valence-electron chi connectivity index (χ1n) is 7.83. The van der Waals surface area contributed by atoms with Crippen molar-refractivity contribution in [3.8, 4) is 0 Å². The normalized spacial score (nSPS) is 43.9. The van der Waals surface area contributed by atoms with Gasteiger partial charge >= 0.3 is 5.97 Å². The highest BCUT2D eigenvalue weighted by atomic mass is 16.4. The fraction of sp³-hybridized carbons (Fsp3) is 0.933. The summed E-state index contributed by atoms with van der Waals surface area (Å²) in [6, 6.07) is 0.401. The highest BCUT2D eigenvalue weighted by molar-refractivity contribution is 5.78. The van der Waals surface area contributed by atoms with Crippen LogP contribution >= 0.6 is 0 Å². The first-order chi connectivity index (χ1) is 9.07. The van der Waals surface area contributed by atoms with Gasteiger partial charge in [-0.05, 0) is 56.8 Å². The maximum Gasteiger partial charge on any atom is 0.323 e. The molecule has 0 aromatic rings. The lowest BCUT2D eigenvalue weighted by atomic mass is 9.74. The molecular weight excluding hydrogens is 240 g/mol. The van der Waals surface area contributed by atoms with Gasteiger partial charge in [-0.15, -0.1) is 0 Å². The van der Waals surface area contributed by atoms with E-state index in [0.717, 1.165) is 24.7 Å². The van der Waals surface area contributed by atoms with E-state index in [1.165, 1.54) is 38.8 Å². The number of carboxylic acid groups (broad SMARTS) is 1. The third-order valence-electron chi connectivity index (χ3n) is 5.58. The number of carbonyl (C=O) groups is 1. The van der Waals surface area contributed by atoms with Crippen LogP contribution in [-0.2, 0) is 4.79 Å². The Morgan fingerprint density at radius 1 is 1.16 bits per heavy atom. The molecule has 0 aromatic carbocycles. The number of likely N-dealkylation sites (tertiary alicyclic amines) is 1. The second-order valence-electron chi connectivity index (χ2n) is 7.06. The summed E-state index contributed by atoms with van der Waals surface area (Å²) in [5.41, 5.74) is 5.11. The number of rotatable bonds is 2. The second kappa shape index (κ2) is 5.06. The van der Waals surface area contributed by atoms with Gasteiger partial charge in [-0.3, -0.25) is 9.69 Å². The van der Waals surface area contributed by atoms with E-state index in [1.54, 1.807) is 0 Å². The Labute approximate surface area is 115 Å². The molecule has 0 amide bonds. The lowest BCUT2D eigenvalue weighted by Crippen LogP contribution is -2.57. The quantitative estimate of drug-likeness (QED) is 0.800. The van der Waals surface area contributed by atoms with Crippen molar-refractivity contribution in [1.29, 1.82) is 0 Å². The van der Waals surface area contributed by atoms with E-state index in [0.29, 0.717) is 18.9 Å². The number of hydrogen-bond donors (Lipinski definition) is 2. The van der Waals surface area contributed by atoms with E-state index < -0.39 is 11.5 Å². The molecule has 0 radical (unpaired) electrons. The maximum absolute atomic E-state index is 11.4. The highest BCUT2D eigenvalue weighted by Crippen LogP contribution is 2.38. The van der Waals surface area contributed by atoms with Gasteiger partial charge in [-0.1, -0.05) is 6.42 Å². The number of piperidine rings is 1. The number of nitrogens with zero attached hydrogens (tertiary/aromatic N) is 1. The Hall–Kier alpha value is -0.610. The summed E-state index contributed by atoms with van der Waals surface area (Å²) < 4.78 is 0. The van der Waals surface area contributed by atoms with Crippen molar-refractivity contribution >= 4 is 5.97 Å². The van der Waals surface area contributed by atoms with Crippen LogP contribution in [0.2, 0.25) is 0 Å². The zero-order valence-electron chi connectivity index (χ0n) is 11.7. The van der Waals surface area contributed by atoms with Gasteiger partial charge in [0.25, 0.3) is 0 Å². The van der Waals surface area contributed by atoms with Crippen molar-refractivity contribution in [1.82, 2.24) is 4.90 Å². The van der Waals surface area contributed by atoms with Gasteiger partial charge < -0.3 is 10.8 Å². The molecule has 0 spiro atoms. The Morgan fingerprint density at radius 2 is 1.84 bits per heavy atom. The summed E-state index contributed by atoms with van der Waals surface area (Å²) in [5, 5.41) is 9.33. The van der Waals surface area contributed by atoms with Crippen LogP contribution in [0, 0.1) is 11.8 Å². The molecule has 1 aliphatic heterocycles. The topological polar surface area (TPSA) is 66.6 Å². The summed E-state index contributed by atoms with van der Waals surface area (Å²) in [6.07, 6.45) is 8.89. The molecule has 4 unspecified atom stereocenters. The van der Waals surface area contributed by atoms with Gasteiger partial charge in [0.15, 0.2) is 0 Å². The monoisotopic (exact) mass is 266 g/mol. The molecule has 0 aromatic heterocycles. The lowest BCUT2D eigenvalue weighted by molar-refractivity contribution is -0.145. The van der Waals surface area contributed by atoms with Crippen LogP contribution in [0.5, 0.6) is 0 Å². The first kappa shape index (κ1) is 13.4. The summed E-state index contributed by atoms with van der Waals surface area (Å²) in [5.74, 6) is 0.896. The van der Waals surface area contributed by atoms with E-state index in [1.807, 2.05) is 0 Å². The average molecular weight is 266 g/mol. The van der Waals surface area contributed by atoms with Crippen molar-refractivity contribution in [2.75, 3.05) is 13.1 Å². The average Bonchev–Trinajstić information content (AvgIpc) is 2.38. The van der Waals surface area contributed by atoms with Crippen molar-refractivity contribution in [3.63, 3.8) is 0 Å². The third-order valence-corrected chi connectivity index (χ3v) is 5.58. The largest absolute Gasteiger partial charge is 0.480 e. The molecule has 3 fully saturated rings. The fourth-order valence-corrected chi connectivity index (χ4v) is 4.55. The fourth-order valence-electron chi connectivity index (χ4n) is 4.55. The van der Waals surface area contributed by atoms with Crippen LogP contribution in [0.3, 0.4) is 0 Å². The molecule has 19 heavy (non-hydrogen) atoms. The minimum absolute atomic E-state index is 0.401. The van der Waals surface area contributed by atoms with Crippen LogP contribution in [-0.4, -0.2) is 40.6 Å². The second-order valence-corrected chi connectivity index (χ2v) is 7.06. The van der Waals surface area contributed by atoms with E-state index in [4.69, 9.17) is 5.73 Å². The summed E-state index contributed by atoms with van der Waals surface area (Å²) in [7, 11) is 0. The minimum atomic E-state index is -0.977. The Balaban J connectivity index is 1.67. The molecular formula is C15H26N2O2.